The van der Waals surface area contributed by atoms with Gasteiger partial charge in [-0.15, -0.1) is 0 Å². The molecule has 1 amide bonds. The van der Waals surface area contributed by atoms with Crippen molar-refractivity contribution < 1.29 is 18.3 Å². The number of amides is 1. The van der Waals surface area contributed by atoms with E-state index in [1.807, 2.05) is 18.2 Å². The molecule has 1 aliphatic carbocycles. The Morgan fingerprint density at radius 3 is 2.71 bits per heavy atom. The SMILES string of the molecule is CNc1ncc(-c2nc3cc(N4CCOCC4)ccc3o2)c2cc(NC(=O)C3(F)CC3)ncc12. The Kier molecular flexibility index (Phi) is 4.84. The number of rotatable bonds is 5. The molecule has 9 nitrogen and oxygen atoms in total. The average molecular weight is 462 g/mol. The zero-order valence-electron chi connectivity index (χ0n) is 18.6. The Morgan fingerprint density at radius 2 is 1.94 bits per heavy atom. The predicted molar refractivity (Wildman–Crippen MR) is 127 cm³/mol. The number of aromatic nitrogens is 3. The van der Waals surface area contributed by atoms with Gasteiger partial charge in [0, 0.05) is 49.0 Å². The summed E-state index contributed by atoms with van der Waals surface area (Å²) < 4.78 is 25.7. The van der Waals surface area contributed by atoms with E-state index in [4.69, 9.17) is 14.1 Å². The quantitative estimate of drug-likeness (QED) is 0.462. The highest BCUT2D eigenvalue weighted by Crippen LogP contribution is 2.41. The highest BCUT2D eigenvalue weighted by atomic mass is 19.1. The van der Waals surface area contributed by atoms with Crippen LogP contribution in [0.1, 0.15) is 12.8 Å². The third-order valence-electron chi connectivity index (χ3n) is 6.32. The summed E-state index contributed by atoms with van der Waals surface area (Å²) in [6.07, 6.45) is 3.75. The second-order valence-corrected chi connectivity index (χ2v) is 8.58. The fourth-order valence-electron chi connectivity index (χ4n) is 4.19. The van der Waals surface area contributed by atoms with E-state index in [1.54, 1.807) is 25.5 Å². The fourth-order valence-corrected chi connectivity index (χ4v) is 4.19. The Labute approximate surface area is 194 Å². The van der Waals surface area contributed by atoms with Gasteiger partial charge >= 0.3 is 0 Å². The van der Waals surface area contributed by atoms with Crippen LogP contribution in [0.5, 0.6) is 0 Å². The molecular weight excluding hydrogens is 439 g/mol. The Balaban J connectivity index is 1.41. The van der Waals surface area contributed by atoms with Gasteiger partial charge < -0.3 is 24.7 Å². The van der Waals surface area contributed by atoms with Crippen molar-refractivity contribution in [1.29, 1.82) is 0 Å². The van der Waals surface area contributed by atoms with Crippen molar-refractivity contribution >= 4 is 45.1 Å². The lowest BCUT2D eigenvalue weighted by molar-refractivity contribution is -0.122. The number of oxazole rings is 1. The topological polar surface area (TPSA) is 105 Å². The van der Waals surface area contributed by atoms with E-state index in [-0.39, 0.29) is 18.7 Å². The summed E-state index contributed by atoms with van der Waals surface area (Å²) in [5.41, 5.74) is 1.33. The number of nitrogens with one attached hydrogen (secondary N) is 2. The molecule has 10 heteroatoms. The summed E-state index contributed by atoms with van der Waals surface area (Å²) in [6.45, 7) is 3.07. The van der Waals surface area contributed by atoms with Gasteiger partial charge in [0.05, 0.1) is 18.8 Å². The van der Waals surface area contributed by atoms with E-state index in [1.165, 1.54) is 0 Å². The summed E-state index contributed by atoms with van der Waals surface area (Å²) in [6, 6.07) is 7.64. The molecule has 1 aliphatic heterocycles. The summed E-state index contributed by atoms with van der Waals surface area (Å²) in [5.74, 6) is 0.629. The molecule has 0 spiro atoms. The molecule has 34 heavy (non-hydrogen) atoms. The Morgan fingerprint density at radius 1 is 1.12 bits per heavy atom. The number of carbonyl (C=O) groups excluding carboxylic acids is 1. The maximum atomic E-state index is 14.1. The van der Waals surface area contributed by atoms with Crippen LogP contribution in [0.3, 0.4) is 0 Å². The zero-order valence-corrected chi connectivity index (χ0v) is 18.6. The average Bonchev–Trinajstić information content (AvgIpc) is 3.48. The van der Waals surface area contributed by atoms with E-state index in [0.717, 1.165) is 35.1 Å². The van der Waals surface area contributed by atoms with Crippen LogP contribution in [0, 0.1) is 0 Å². The van der Waals surface area contributed by atoms with Crippen LogP contribution in [-0.4, -0.2) is 59.9 Å². The van der Waals surface area contributed by atoms with Crippen molar-refractivity contribution in [2.75, 3.05) is 48.9 Å². The number of hydrogen-bond donors (Lipinski definition) is 2. The Hall–Kier alpha value is -3.79. The molecule has 0 atom stereocenters. The monoisotopic (exact) mass is 462 g/mol. The molecule has 4 aromatic rings. The number of halogens is 1. The highest BCUT2D eigenvalue weighted by molar-refractivity contribution is 6.04. The second kappa shape index (κ2) is 7.91. The van der Waals surface area contributed by atoms with Crippen LogP contribution in [0.15, 0.2) is 41.1 Å². The molecule has 2 aliphatic rings. The van der Waals surface area contributed by atoms with Gasteiger partial charge in [-0.05, 0) is 37.1 Å². The molecule has 1 aromatic carbocycles. The maximum absolute atomic E-state index is 14.1. The van der Waals surface area contributed by atoms with Crippen LogP contribution < -0.4 is 15.5 Å². The fraction of sp³-hybridized carbons (Fsp3) is 0.333. The van der Waals surface area contributed by atoms with Gasteiger partial charge in [0.2, 0.25) is 5.89 Å². The minimum absolute atomic E-state index is 0.237. The van der Waals surface area contributed by atoms with Gasteiger partial charge in [0.1, 0.15) is 17.2 Å². The highest BCUT2D eigenvalue weighted by Gasteiger charge is 2.51. The van der Waals surface area contributed by atoms with E-state index in [2.05, 4.69) is 25.5 Å². The molecule has 3 aromatic heterocycles. The number of benzene rings is 1. The van der Waals surface area contributed by atoms with Crippen molar-refractivity contribution in [3.05, 3.63) is 36.7 Å². The maximum Gasteiger partial charge on any atom is 0.263 e. The van der Waals surface area contributed by atoms with E-state index in [0.29, 0.717) is 36.1 Å². The molecule has 2 fully saturated rings. The van der Waals surface area contributed by atoms with E-state index < -0.39 is 11.6 Å². The molecule has 1 saturated heterocycles. The first-order valence-corrected chi connectivity index (χ1v) is 11.2. The van der Waals surface area contributed by atoms with Gasteiger partial charge in [-0.25, -0.2) is 19.3 Å². The largest absolute Gasteiger partial charge is 0.436 e. The number of fused-ring (bicyclic) bond motifs is 2. The van der Waals surface area contributed by atoms with Crippen LogP contribution in [0.25, 0.3) is 33.3 Å². The van der Waals surface area contributed by atoms with E-state index >= 15 is 0 Å². The standard InChI is InChI=1S/C24H23FN6O3/c1-26-21-16-12-27-20(30-23(32)24(25)4-5-24)11-15(16)17(13-28-21)22-29-18-10-14(2-3-19(18)34-22)31-6-8-33-9-7-31/h2-3,10-13H,4-9H2,1H3,(H,26,28)(H,27,30,32). The molecule has 174 valence electrons. The molecule has 0 radical (unpaired) electrons. The van der Waals surface area contributed by atoms with Gasteiger partial charge in [-0.3, -0.25) is 4.79 Å². The zero-order chi connectivity index (χ0) is 23.3. The molecular formula is C24H23FN6O3. The summed E-state index contributed by atoms with van der Waals surface area (Å²) in [4.78, 5) is 28.0. The van der Waals surface area contributed by atoms with Crippen LogP contribution in [0.4, 0.5) is 21.7 Å². The van der Waals surface area contributed by atoms with Gasteiger partial charge in [-0.1, -0.05) is 0 Å². The summed E-state index contributed by atoms with van der Waals surface area (Å²) >= 11 is 0. The lowest BCUT2D eigenvalue weighted by Crippen LogP contribution is -2.36. The van der Waals surface area contributed by atoms with Crippen molar-refractivity contribution in [2.24, 2.45) is 0 Å². The first kappa shape index (κ1) is 20.8. The van der Waals surface area contributed by atoms with Crippen LogP contribution >= 0.6 is 0 Å². The number of carbonyl (C=O) groups is 1. The first-order valence-electron chi connectivity index (χ1n) is 11.2. The summed E-state index contributed by atoms with van der Waals surface area (Å²) in [5, 5.41) is 7.10. The molecule has 4 heterocycles. The van der Waals surface area contributed by atoms with Crippen molar-refractivity contribution in [3.63, 3.8) is 0 Å². The molecule has 1 saturated carbocycles. The van der Waals surface area contributed by atoms with Gasteiger partial charge in [-0.2, -0.15) is 0 Å². The number of anilines is 3. The number of alkyl halides is 1. The minimum atomic E-state index is -1.79. The lowest BCUT2D eigenvalue weighted by atomic mass is 10.1. The minimum Gasteiger partial charge on any atom is -0.436 e. The molecule has 0 bridgehead atoms. The van der Waals surface area contributed by atoms with Gasteiger partial charge in [0.25, 0.3) is 5.91 Å². The lowest BCUT2D eigenvalue weighted by Gasteiger charge is -2.28. The molecule has 0 unspecified atom stereocenters. The van der Waals surface area contributed by atoms with Gasteiger partial charge in [0.15, 0.2) is 11.3 Å². The van der Waals surface area contributed by atoms with Crippen molar-refractivity contribution in [3.8, 4) is 11.5 Å². The Bertz CT molecular complexity index is 1410. The van der Waals surface area contributed by atoms with E-state index in [9.17, 15) is 9.18 Å². The third-order valence-corrected chi connectivity index (χ3v) is 6.32. The third kappa shape index (κ3) is 3.60. The molecule has 2 N–H and O–H groups in total. The number of nitrogens with zero attached hydrogens (tertiary/aromatic N) is 4. The van der Waals surface area contributed by atoms with Crippen LogP contribution in [-0.2, 0) is 9.53 Å². The summed E-state index contributed by atoms with van der Waals surface area (Å²) in [7, 11) is 1.77. The number of hydrogen-bond acceptors (Lipinski definition) is 8. The second-order valence-electron chi connectivity index (χ2n) is 8.58. The van der Waals surface area contributed by atoms with Crippen LogP contribution in [0.2, 0.25) is 0 Å². The predicted octanol–water partition coefficient (Wildman–Crippen LogP) is 3.76. The molecule has 6 rings (SSSR count). The number of ether oxygens (including phenoxy) is 1. The van der Waals surface area contributed by atoms with Crippen molar-refractivity contribution in [1.82, 2.24) is 15.0 Å². The first-order chi connectivity index (χ1) is 16.5. The van der Waals surface area contributed by atoms with Crippen molar-refractivity contribution in [2.45, 2.75) is 18.5 Å². The normalized spacial score (nSPS) is 17.2. The smallest absolute Gasteiger partial charge is 0.263 e. The number of pyridine rings is 2. The number of morpholine rings is 1.